The monoisotopic (exact) mass is 1160 g/mol. The van der Waals surface area contributed by atoms with Crippen molar-refractivity contribution in [1.82, 2.24) is 0 Å². The third-order valence-electron chi connectivity index (χ3n) is 21.1. The molecule has 4 heterocycles. The highest BCUT2D eigenvalue weighted by atomic mass is 16.8. The van der Waals surface area contributed by atoms with Crippen molar-refractivity contribution >= 4 is 11.9 Å². The first-order chi connectivity index (χ1) is 37.9. The Morgan fingerprint density at radius 1 is 0.605 bits per heavy atom. The minimum Gasteiger partial charge on any atom is -0.481 e. The van der Waals surface area contributed by atoms with Crippen molar-refractivity contribution in [1.29, 1.82) is 0 Å². The molecule has 0 radical (unpaired) electrons. The summed E-state index contributed by atoms with van der Waals surface area (Å²) in [7, 11) is 0. The van der Waals surface area contributed by atoms with Crippen LogP contribution in [-0.4, -0.2) is 244 Å². The number of carboxylic acids is 1. The molecule has 466 valence electrons. The van der Waals surface area contributed by atoms with Crippen LogP contribution in [-0.2, 0) is 52.2 Å². The van der Waals surface area contributed by atoms with Gasteiger partial charge in [-0.05, 0) is 124 Å². The molecule has 0 aromatic carbocycles. The summed E-state index contributed by atoms with van der Waals surface area (Å²) < 4.78 is 54.0. The number of carbonyl (C=O) groups excluding carboxylic acids is 1. The first-order valence-electron chi connectivity index (χ1n) is 28.8. The third-order valence-corrected chi connectivity index (χ3v) is 21.1. The van der Waals surface area contributed by atoms with Crippen LogP contribution in [0.1, 0.15) is 120 Å². The maximum absolute atomic E-state index is 12.9. The number of ether oxygens (including phenoxy) is 9. The standard InChI is InChI=1S/C56H92O25/c1-24(2)10-9-14-56(8,81-50-46(72)42(68)40(66)30(78-50)23-74-48-44(70)38(64)28(21-58)75-48)25-11-16-55(7)36(25)26(59)18-32-53(5)15-13-33(52(3,4)31(53)12-17-54(32,55)6)79-51-47(43(69)37(63)27(20-57)76-51)80-49-45(71)41(67)39(65)29(77-49)22-73-35(62)19-34(60)61/h10,25-33,36-51,57-59,63-72H,9,11-23H2,1-8H3,(H,60,61)/t25-,26+,27+,28+,29+,30+,31-,32?,33-,36?,37+,38+,39+,40+,41-,42-,43-,44-,45+,46+,47+,48-,49+,50-,51-,53-,54+,55+,56+/m0/s1. The maximum Gasteiger partial charge on any atom is 0.317 e. The highest BCUT2D eigenvalue weighted by Crippen LogP contribution is 2.76. The lowest BCUT2D eigenvalue weighted by Crippen LogP contribution is -2.68. The molecule has 4 aliphatic heterocycles. The lowest BCUT2D eigenvalue weighted by Gasteiger charge is -2.71. The third kappa shape index (κ3) is 12.0. The average Bonchev–Trinajstić information content (AvgIpc) is 2.15. The number of aliphatic hydroxyl groups is 13. The lowest BCUT2D eigenvalue weighted by atomic mass is 9.35. The van der Waals surface area contributed by atoms with Gasteiger partial charge in [0.1, 0.15) is 105 Å². The molecule has 0 bridgehead atoms. The van der Waals surface area contributed by atoms with Crippen LogP contribution in [0.15, 0.2) is 11.6 Å². The summed E-state index contributed by atoms with van der Waals surface area (Å²) in [5.41, 5.74) is -1.72. The Hall–Kier alpha value is -2.16. The van der Waals surface area contributed by atoms with E-state index in [-0.39, 0.29) is 34.5 Å². The Morgan fingerprint density at radius 2 is 1.15 bits per heavy atom. The van der Waals surface area contributed by atoms with Crippen LogP contribution in [0, 0.1) is 45.3 Å². The molecule has 8 rings (SSSR count). The number of fused-ring (bicyclic) bond motifs is 5. The van der Waals surface area contributed by atoms with Crippen molar-refractivity contribution in [2.45, 2.75) is 254 Å². The van der Waals surface area contributed by atoms with Gasteiger partial charge < -0.3 is 114 Å². The SMILES string of the molecule is CC(C)=CCC[C@@](C)(O[C@@H]1O[C@H](CO[C@H]2O[C@H](CO)[C@@H](O)[C@@H]2O)[C@@H](O)[C@H](O)[C@H]1O)[C@H]1CC[C@]2(C)C1[C@H](O)CC1[C@@]3(C)CC[C@H](O[C@@H]4O[C@H](CO)[C@@H](O)[C@H](O)[C@H]4O[C@H]4O[C@H](COC(=O)CC(=O)O)[C@@H](O)[C@H](O)[C@H]4O)C(C)(C)[C@@H]3CC[C@]12C. The van der Waals surface area contributed by atoms with E-state index in [9.17, 15) is 76.0 Å². The topological polar surface area (TPSA) is 400 Å². The predicted molar refractivity (Wildman–Crippen MR) is 276 cm³/mol. The molecular formula is C56H92O25. The molecule has 0 amide bonds. The van der Waals surface area contributed by atoms with Gasteiger partial charge in [0.2, 0.25) is 0 Å². The highest BCUT2D eigenvalue weighted by Gasteiger charge is 2.72. The van der Waals surface area contributed by atoms with E-state index < -0.39 is 190 Å². The van der Waals surface area contributed by atoms with Crippen LogP contribution in [0.2, 0.25) is 0 Å². The van der Waals surface area contributed by atoms with E-state index in [4.69, 9.17) is 47.7 Å². The summed E-state index contributed by atoms with van der Waals surface area (Å²) in [4.78, 5) is 23.0. The van der Waals surface area contributed by atoms with E-state index in [1.165, 1.54) is 0 Å². The molecule has 0 spiro atoms. The van der Waals surface area contributed by atoms with E-state index in [0.29, 0.717) is 38.5 Å². The minimum atomic E-state index is -1.95. The molecule has 4 saturated heterocycles. The van der Waals surface area contributed by atoms with E-state index >= 15 is 0 Å². The maximum atomic E-state index is 12.9. The molecule has 0 aromatic rings. The molecule has 4 saturated carbocycles. The molecule has 25 nitrogen and oxygen atoms in total. The smallest absolute Gasteiger partial charge is 0.317 e. The lowest BCUT2D eigenvalue weighted by molar-refractivity contribution is -0.378. The second-order valence-electron chi connectivity index (χ2n) is 26.3. The van der Waals surface area contributed by atoms with Crippen LogP contribution in [0.3, 0.4) is 0 Å². The molecule has 81 heavy (non-hydrogen) atoms. The molecule has 8 fully saturated rings. The molecule has 29 atom stereocenters. The van der Waals surface area contributed by atoms with Gasteiger partial charge in [-0.3, -0.25) is 9.59 Å². The zero-order chi connectivity index (χ0) is 59.6. The zero-order valence-corrected chi connectivity index (χ0v) is 47.7. The van der Waals surface area contributed by atoms with Crippen molar-refractivity contribution in [2.75, 3.05) is 26.4 Å². The van der Waals surface area contributed by atoms with Crippen LogP contribution < -0.4 is 0 Å². The highest BCUT2D eigenvalue weighted by molar-refractivity contribution is 5.90. The summed E-state index contributed by atoms with van der Waals surface area (Å²) in [6.07, 6.45) is -25.1. The Bertz CT molecular complexity index is 2180. The zero-order valence-electron chi connectivity index (χ0n) is 47.7. The van der Waals surface area contributed by atoms with Crippen molar-refractivity contribution in [3.05, 3.63) is 11.6 Å². The van der Waals surface area contributed by atoms with E-state index in [2.05, 4.69) is 40.7 Å². The fourth-order valence-electron chi connectivity index (χ4n) is 16.4. The van der Waals surface area contributed by atoms with Gasteiger partial charge in [0.15, 0.2) is 25.2 Å². The summed E-state index contributed by atoms with van der Waals surface area (Å²) >= 11 is 0. The number of esters is 1. The average molecular weight is 1170 g/mol. The second kappa shape index (κ2) is 24.9. The van der Waals surface area contributed by atoms with E-state index in [0.717, 1.165) is 24.8 Å². The Morgan fingerprint density at radius 3 is 1.77 bits per heavy atom. The number of rotatable bonds is 19. The number of carboxylic acid groups (broad SMARTS) is 1. The van der Waals surface area contributed by atoms with Gasteiger partial charge in [-0.1, -0.05) is 46.3 Å². The van der Waals surface area contributed by atoms with Gasteiger partial charge in [-0.25, -0.2) is 0 Å². The Labute approximate surface area is 472 Å². The molecule has 4 aliphatic carbocycles. The molecule has 0 aromatic heterocycles. The van der Waals surface area contributed by atoms with Crippen molar-refractivity contribution < 1.29 is 124 Å². The number of hydrogen-bond acceptors (Lipinski definition) is 24. The quantitative estimate of drug-likeness (QED) is 0.0302. The van der Waals surface area contributed by atoms with Crippen LogP contribution >= 0.6 is 0 Å². The molecule has 8 aliphatic rings. The largest absolute Gasteiger partial charge is 0.481 e. The van der Waals surface area contributed by atoms with Gasteiger partial charge in [-0.15, -0.1) is 0 Å². The van der Waals surface area contributed by atoms with Gasteiger partial charge in [0, 0.05) is 0 Å². The van der Waals surface area contributed by atoms with Crippen LogP contribution in [0.25, 0.3) is 0 Å². The molecule has 25 heteroatoms. The van der Waals surface area contributed by atoms with E-state index in [1.54, 1.807) is 0 Å². The fraction of sp³-hybridized carbons (Fsp3) is 0.929. The first kappa shape index (κ1) is 64.8. The van der Waals surface area contributed by atoms with Crippen LogP contribution in [0.5, 0.6) is 0 Å². The minimum absolute atomic E-state index is 0.00537. The molecule has 14 N–H and O–H groups in total. The summed E-state index contributed by atoms with van der Waals surface area (Å²) in [5.74, 6) is -3.18. The predicted octanol–water partition coefficient (Wildman–Crippen LogP) is -1.54. The Kier molecular flexibility index (Phi) is 19.9. The number of aliphatic carboxylic acids is 1. The Balaban J connectivity index is 0.998. The van der Waals surface area contributed by atoms with E-state index in [1.807, 2.05) is 20.8 Å². The van der Waals surface area contributed by atoms with Gasteiger partial charge in [0.05, 0.1) is 37.6 Å². The van der Waals surface area contributed by atoms with Crippen molar-refractivity contribution in [3.63, 3.8) is 0 Å². The second-order valence-corrected chi connectivity index (χ2v) is 26.3. The van der Waals surface area contributed by atoms with Crippen molar-refractivity contribution in [3.8, 4) is 0 Å². The summed E-state index contributed by atoms with van der Waals surface area (Å²) in [6, 6.07) is 0. The van der Waals surface area contributed by atoms with Crippen molar-refractivity contribution in [2.24, 2.45) is 45.3 Å². The first-order valence-corrected chi connectivity index (χ1v) is 28.8. The van der Waals surface area contributed by atoms with Gasteiger partial charge >= 0.3 is 11.9 Å². The number of allylic oxidation sites excluding steroid dienone is 2. The normalized spacial score (nSPS) is 49.4. The van der Waals surface area contributed by atoms with Gasteiger partial charge in [0.25, 0.3) is 0 Å². The fourth-order valence-corrected chi connectivity index (χ4v) is 16.4. The van der Waals surface area contributed by atoms with Gasteiger partial charge in [-0.2, -0.15) is 0 Å². The number of aliphatic hydroxyl groups excluding tert-OH is 13. The molecule has 2 unspecified atom stereocenters. The molecular weight excluding hydrogens is 1070 g/mol. The van der Waals surface area contributed by atoms with Crippen LogP contribution in [0.4, 0.5) is 0 Å². The number of hydrogen-bond donors (Lipinski definition) is 14. The number of carbonyl (C=O) groups is 2. The summed E-state index contributed by atoms with van der Waals surface area (Å²) in [5, 5.41) is 151. The summed E-state index contributed by atoms with van der Waals surface area (Å²) in [6.45, 7) is 14.6.